The molecule has 0 spiro atoms. The van der Waals surface area contributed by atoms with Crippen molar-refractivity contribution in [2.45, 2.75) is 11.4 Å². The number of sulfonamides is 1. The maximum atomic E-state index is 12.6. The van der Waals surface area contributed by atoms with Gasteiger partial charge < -0.3 is 0 Å². The number of nitrogens with one attached hydrogen (secondary N) is 1. The Hall–Kier alpha value is -2.96. The highest BCUT2D eigenvalue weighted by atomic mass is 32.2. The fourth-order valence-electron chi connectivity index (χ4n) is 2.77. The van der Waals surface area contributed by atoms with Crippen LogP contribution < -0.4 is 4.72 Å². The van der Waals surface area contributed by atoms with Crippen molar-refractivity contribution in [2.75, 3.05) is 0 Å². The predicted molar refractivity (Wildman–Crippen MR) is 102 cm³/mol. The standard InChI is InChI=1S/C20H17N3O2S/c24-26(25,20-11-10-16-6-4-5-7-17(16)14-20)21-15-18-12-13-23(22-18)19-8-2-1-3-9-19/h1-14,21H,15H2. The van der Waals surface area contributed by atoms with Gasteiger partial charge in [0.1, 0.15) is 0 Å². The van der Waals surface area contributed by atoms with Crippen LogP contribution in [0.1, 0.15) is 5.69 Å². The first-order valence-electron chi connectivity index (χ1n) is 8.20. The molecule has 4 rings (SSSR count). The summed E-state index contributed by atoms with van der Waals surface area (Å²) < 4.78 is 29.5. The summed E-state index contributed by atoms with van der Waals surface area (Å²) in [7, 11) is -3.60. The van der Waals surface area contributed by atoms with Gasteiger partial charge in [-0.3, -0.25) is 0 Å². The Morgan fingerprint density at radius 1 is 0.846 bits per heavy atom. The molecule has 0 atom stereocenters. The highest BCUT2D eigenvalue weighted by molar-refractivity contribution is 7.89. The zero-order chi connectivity index (χ0) is 18.0. The maximum absolute atomic E-state index is 12.6. The minimum atomic E-state index is -3.60. The lowest BCUT2D eigenvalue weighted by Gasteiger charge is -2.07. The van der Waals surface area contributed by atoms with Crippen LogP contribution in [0, 0.1) is 0 Å². The number of rotatable bonds is 5. The van der Waals surface area contributed by atoms with Gasteiger partial charge in [-0.25, -0.2) is 17.8 Å². The molecule has 4 aromatic rings. The molecule has 1 aromatic heterocycles. The second-order valence-corrected chi connectivity index (χ2v) is 7.69. The van der Waals surface area contributed by atoms with Crippen LogP contribution in [0.2, 0.25) is 0 Å². The van der Waals surface area contributed by atoms with Crippen molar-refractivity contribution in [1.82, 2.24) is 14.5 Å². The minimum Gasteiger partial charge on any atom is -0.241 e. The van der Waals surface area contributed by atoms with Crippen molar-refractivity contribution in [3.8, 4) is 5.69 Å². The van der Waals surface area contributed by atoms with Crippen molar-refractivity contribution in [3.63, 3.8) is 0 Å². The number of fused-ring (bicyclic) bond motifs is 1. The zero-order valence-corrected chi connectivity index (χ0v) is 14.7. The molecule has 0 aliphatic heterocycles. The summed E-state index contributed by atoms with van der Waals surface area (Å²) in [4.78, 5) is 0.249. The Morgan fingerprint density at radius 3 is 2.38 bits per heavy atom. The van der Waals surface area contributed by atoms with Gasteiger partial charge in [-0.1, -0.05) is 48.5 Å². The van der Waals surface area contributed by atoms with Crippen LogP contribution >= 0.6 is 0 Å². The van der Waals surface area contributed by atoms with E-state index in [1.165, 1.54) is 0 Å². The van der Waals surface area contributed by atoms with Gasteiger partial charge >= 0.3 is 0 Å². The Kier molecular flexibility index (Phi) is 4.28. The number of aromatic nitrogens is 2. The van der Waals surface area contributed by atoms with Gasteiger partial charge in [0, 0.05) is 6.20 Å². The van der Waals surface area contributed by atoms with Crippen molar-refractivity contribution in [2.24, 2.45) is 0 Å². The van der Waals surface area contributed by atoms with Gasteiger partial charge in [0.05, 0.1) is 22.8 Å². The predicted octanol–water partition coefficient (Wildman–Crippen LogP) is 3.50. The molecule has 0 radical (unpaired) electrons. The van der Waals surface area contributed by atoms with Crippen LogP contribution in [0.25, 0.3) is 16.5 Å². The van der Waals surface area contributed by atoms with E-state index in [0.29, 0.717) is 5.69 Å². The van der Waals surface area contributed by atoms with E-state index in [1.807, 2.05) is 66.9 Å². The third kappa shape index (κ3) is 3.37. The Balaban J connectivity index is 1.52. The SMILES string of the molecule is O=S(=O)(NCc1ccn(-c2ccccc2)n1)c1ccc2ccccc2c1. The molecule has 130 valence electrons. The number of nitrogens with zero attached hydrogens (tertiary/aromatic N) is 2. The summed E-state index contributed by atoms with van der Waals surface area (Å²) in [6.07, 6.45) is 1.81. The van der Waals surface area contributed by atoms with Gasteiger partial charge in [-0.05, 0) is 41.1 Å². The third-order valence-electron chi connectivity index (χ3n) is 4.14. The van der Waals surface area contributed by atoms with Crippen LogP contribution in [0.15, 0.2) is 90.0 Å². The van der Waals surface area contributed by atoms with Crippen LogP contribution in [0.4, 0.5) is 0 Å². The van der Waals surface area contributed by atoms with E-state index in [9.17, 15) is 8.42 Å². The molecule has 0 bridgehead atoms. The fraction of sp³-hybridized carbons (Fsp3) is 0.0500. The summed E-state index contributed by atoms with van der Waals surface area (Å²) >= 11 is 0. The van der Waals surface area contributed by atoms with Crippen molar-refractivity contribution >= 4 is 20.8 Å². The van der Waals surface area contributed by atoms with Crippen molar-refractivity contribution < 1.29 is 8.42 Å². The lowest BCUT2D eigenvalue weighted by molar-refractivity contribution is 0.580. The van der Waals surface area contributed by atoms with E-state index < -0.39 is 10.0 Å². The van der Waals surface area contributed by atoms with Crippen LogP contribution in [-0.4, -0.2) is 18.2 Å². The molecule has 0 aliphatic rings. The Labute approximate surface area is 152 Å². The molecule has 0 saturated heterocycles. The summed E-state index contributed by atoms with van der Waals surface area (Å²) in [5.74, 6) is 0. The molecule has 26 heavy (non-hydrogen) atoms. The van der Waals surface area contributed by atoms with E-state index in [4.69, 9.17) is 0 Å². The van der Waals surface area contributed by atoms with Crippen molar-refractivity contribution in [3.05, 3.63) is 90.8 Å². The topological polar surface area (TPSA) is 64.0 Å². The molecular formula is C20H17N3O2S. The number of para-hydroxylation sites is 1. The second-order valence-electron chi connectivity index (χ2n) is 5.92. The van der Waals surface area contributed by atoms with Crippen LogP contribution in [0.3, 0.4) is 0 Å². The van der Waals surface area contributed by atoms with Crippen LogP contribution in [-0.2, 0) is 16.6 Å². The zero-order valence-electron chi connectivity index (χ0n) is 13.9. The van der Waals surface area contributed by atoms with Gasteiger partial charge in [0.15, 0.2) is 0 Å². The van der Waals surface area contributed by atoms with E-state index in [0.717, 1.165) is 16.5 Å². The quantitative estimate of drug-likeness (QED) is 0.590. The molecule has 0 amide bonds. The molecule has 5 nitrogen and oxygen atoms in total. The number of benzene rings is 3. The first-order chi connectivity index (χ1) is 12.6. The van der Waals surface area contributed by atoms with Crippen LogP contribution in [0.5, 0.6) is 0 Å². The minimum absolute atomic E-state index is 0.134. The first-order valence-corrected chi connectivity index (χ1v) is 9.69. The molecule has 3 aromatic carbocycles. The summed E-state index contributed by atoms with van der Waals surface area (Å²) in [6.45, 7) is 0.134. The molecule has 1 N–H and O–H groups in total. The lowest BCUT2D eigenvalue weighted by atomic mass is 10.1. The highest BCUT2D eigenvalue weighted by Gasteiger charge is 2.15. The summed E-state index contributed by atoms with van der Waals surface area (Å²) in [5, 5.41) is 6.32. The Bertz CT molecular complexity index is 1150. The lowest BCUT2D eigenvalue weighted by Crippen LogP contribution is -2.23. The highest BCUT2D eigenvalue weighted by Crippen LogP contribution is 2.19. The molecule has 0 fully saturated rings. The first kappa shape index (κ1) is 16.5. The molecule has 0 unspecified atom stereocenters. The molecule has 1 heterocycles. The molecule has 6 heteroatoms. The van der Waals surface area contributed by atoms with E-state index in [-0.39, 0.29) is 11.4 Å². The third-order valence-corrected chi connectivity index (χ3v) is 5.54. The number of hydrogen-bond donors (Lipinski definition) is 1. The smallest absolute Gasteiger partial charge is 0.240 e. The van der Waals surface area contributed by atoms with Gasteiger partial charge in [0.25, 0.3) is 0 Å². The van der Waals surface area contributed by atoms with Crippen molar-refractivity contribution in [1.29, 1.82) is 0 Å². The second kappa shape index (κ2) is 6.74. The monoisotopic (exact) mass is 363 g/mol. The average molecular weight is 363 g/mol. The summed E-state index contributed by atoms with van der Waals surface area (Å²) in [6, 6.07) is 24.3. The fourth-order valence-corrected chi connectivity index (χ4v) is 3.80. The summed E-state index contributed by atoms with van der Waals surface area (Å²) in [5.41, 5.74) is 1.58. The Morgan fingerprint density at radius 2 is 1.58 bits per heavy atom. The molecule has 0 aliphatic carbocycles. The largest absolute Gasteiger partial charge is 0.241 e. The molecular weight excluding hydrogens is 346 g/mol. The number of hydrogen-bond acceptors (Lipinski definition) is 3. The average Bonchev–Trinajstić information content (AvgIpc) is 3.16. The van der Waals surface area contributed by atoms with E-state index in [1.54, 1.807) is 22.9 Å². The van der Waals surface area contributed by atoms with E-state index >= 15 is 0 Å². The van der Waals surface area contributed by atoms with E-state index in [2.05, 4.69) is 9.82 Å². The van der Waals surface area contributed by atoms with Gasteiger partial charge in [0.2, 0.25) is 10.0 Å². The van der Waals surface area contributed by atoms with Gasteiger partial charge in [-0.2, -0.15) is 5.10 Å². The normalized spacial score (nSPS) is 11.7. The van der Waals surface area contributed by atoms with Gasteiger partial charge in [-0.15, -0.1) is 0 Å². The molecule has 0 saturated carbocycles. The maximum Gasteiger partial charge on any atom is 0.240 e.